The highest BCUT2D eigenvalue weighted by Gasteiger charge is 2.15. The molecular formula is C17H29N3S. The van der Waals surface area contributed by atoms with Crippen molar-refractivity contribution in [3.8, 4) is 0 Å². The molecule has 0 spiro atoms. The Labute approximate surface area is 133 Å². The van der Waals surface area contributed by atoms with E-state index >= 15 is 0 Å². The van der Waals surface area contributed by atoms with Gasteiger partial charge in [-0.25, -0.2) is 9.97 Å². The number of rotatable bonds is 7. The third-order valence-corrected chi connectivity index (χ3v) is 5.31. The molecule has 3 nitrogen and oxygen atoms in total. The zero-order valence-corrected chi connectivity index (χ0v) is 14.5. The first-order valence-corrected chi connectivity index (χ1v) is 9.47. The average Bonchev–Trinajstić information content (AvgIpc) is 2.51. The molecule has 1 N–H and O–H groups in total. The van der Waals surface area contributed by atoms with Gasteiger partial charge in [0, 0.05) is 23.6 Å². The minimum Gasteiger partial charge on any atom is -0.370 e. The quantitative estimate of drug-likeness (QED) is 0.770. The number of aromatic nitrogens is 2. The van der Waals surface area contributed by atoms with E-state index in [0.717, 1.165) is 41.3 Å². The van der Waals surface area contributed by atoms with Crippen LogP contribution in [0.1, 0.15) is 76.7 Å². The first-order valence-electron chi connectivity index (χ1n) is 8.42. The molecule has 1 aromatic heterocycles. The molecule has 1 aliphatic rings. The highest BCUT2D eigenvalue weighted by atomic mass is 32.2. The van der Waals surface area contributed by atoms with Gasteiger partial charge in [0.25, 0.3) is 0 Å². The summed E-state index contributed by atoms with van der Waals surface area (Å²) in [5.41, 5.74) is 1.16. The van der Waals surface area contributed by atoms with Crippen LogP contribution in [0.2, 0.25) is 0 Å². The van der Waals surface area contributed by atoms with E-state index in [1.54, 1.807) is 0 Å². The summed E-state index contributed by atoms with van der Waals surface area (Å²) in [6, 6.07) is 2.11. The third kappa shape index (κ3) is 5.50. The topological polar surface area (TPSA) is 37.8 Å². The van der Waals surface area contributed by atoms with E-state index in [9.17, 15) is 0 Å². The van der Waals surface area contributed by atoms with Gasteiger partial charge in [0.05, 0.1) is 5.75 Å². The largest absolute Gasteiger partial charge is 0.370 e. The predicted octanol–water partition coefficient (Wildman–Crippen LogP) is 4.99. The molecule has 0 amide bonds. The lowest BCUT2D eigenvalue weighted by Gasteiger charge is -2.20. The average molecular weight is 308 g/mol. The zero-order chi connectivity index (χ0) is 15.1. The normalized spacial score (nSPS) is 16.4. The first-order chi connectivity index (χ1) is 10.2. The molecule has 21 heavy (non-hydrogen) atoms. The van der Waals surface area contributed by atoms with Crippen molar-refractivity contribution in [3.05, 3.63) is 17.6 Å². The van der Waals surface area contributed by atoms with Crippen molar-refractivity contribution in [1.82, 2.24) is 9.97 Å². The van der Waals surface area contributed by atoms with Crippen LogP contribution in [0, 0.1) is 0 Å². The van der Waals surface area contributed by atoms with Crippen LogP contribution in [0.3, 0.4) is 0 Å². The maximum atomic E-state index is 4.75. The van der Waals surface area contributed by atoms with E-state index in [1.807, 2.05) is 0 Å². The van der Waals surface area contributed by atoms with Crippen LogP contribution in [0.15, 0.2) is 6.07 Å². The second kappa shape index (κ2) is 8.62. The molecule has 1 heterocycles. The van der Waals surface area contributed by atoms with Crippen LogP contribution in [0.25, 0.3) is 0 Å². The van der Waals surface area contributed by atoms with Crippen molar-refractivity contribution in [2.75, 3.05) is 11.9 Å². The van der Waals surface area contributed by atoms with Crippen LogP contribution < -0.4 is 5.32 Å². The van der Waals surface area contributed by atoms with E-state index in [4.69, 9.17) is 9.97 Å². The molecule has 0 bridgehead atoms. The Bertz CT molecular complexity index is 428. The molecule has 1 aliphatic carbocycles. The fourth-order valence-electron chi connectivity index (χ4n) is 2.65. The van der Waals surface area contributed by atoms with Gasteiger partial charge in [-0.15, -0.1) is 0 Å². The van der Waals surface area contributed by atoms with Crippen molar-refractivity contribution < 1.29 is 0 Å². The van der Waals surface area contributed by atoms with Gasteiger partial charge in [-0.3, -0.25) is 0 Å². The SMILES string of the molecule is CCCNc1cc(C(C)C)nc(CSC2CCCCC2)n1. The third-order valence-electron chi connectivity index (χ3n) is 3.94. The summed E-state index contributed by atoms with van der Waals surface area (Å²) in [6.07, 6.45) is 8.07. The van der Waals surface area contributed by atoms with Crippen molar-refractivity contribution >= 4 is 17.6 Å². The van der Waals surface area contributed by atoms with E-state index in [0.29, 0.717) is 5.92 Å². The molecule has 0 unspecified atom stereocenters. The van der Waals surface area contributed by atoms with E-state index in [2.05, 4.69) is 43.9 Å². The summed E-state index contributed by atoms with van der Waals surface area (Å²) in [5, 5.41) is 4.22. The highest BCUT2D eigenvalue weighted by Crippen LogP contribution is 2.30. The predicted molar refractivity (Wildman–Crippen MR) is 93.1 cm³/mol. The van der Waals surface area contributed by atoms with Gasteiger partial charge in [0.2, 0.25) is 0 Å². The Hall–Kier alpha value is -0.770. The van der Waals surface area contributed by atoms with Crippen LogP contribution in [0.5, 0.6) is 0 Å². The molecule has 0 saturated heterocycles. The maximum Gasteiger partial charge on any atom is 0.140 e. The molecule has 2 rings (SSSR count). The number of hydrogen-bond acceptors (Lipinski definition) is 4. The smallest absolute Gasteiger partial charge is 0.140 e. The highest BCUT2D eigenvalue weighted by molar-refractivity contribution is 7.99. The number of thioether (sulfide) groups is 1. The Morgan fingerprint density at radius 3 is 2.67 bits per heavy atom. The van der Waals surface area contributed by atoms with Gasteiger partial charge in [-0.1, -0.05) is 40.0 Å². The fraction of sp³-hybridized carbons (Fsp3) is 0.765. The summed E-state index contributed by atoms with van der Waals surface area (Å²) >= 11 is 2.05. The second-order valence-electron chi connectivity index (χ2n) is 6.25. The molecule has 0 radical (unpaired) electrons. The minimum absolute atomic E-state index is 0.452. The number of nitrogens with one attached hydrogen (secondary N) is 1. The molecule has 1 aromatic rings. The molecule has 1 fully saturated rings. The van der Waals surface area contributed by atoms with E-state index in [-0.39, 0.29) is 0 Å². The molecule has 4 heteroatoms. The van der Waals surface area contributed by atoms with Crippen molar-refractivity contribution in [3.63, 3.8) is 0 Å². The van der Waals surface area contributed by atoms with Gasteiger partial charge >= 0.3 is 0 Å². The number of hydrogen-bond donors (Lipinski definition) is 1. The lowest BCUT2D eigenvalue weighted by Crippen LogP contribution is -2.11. The van der Waals surface area contributed by atoms with Gasteiger partial charge < -0.3 is 5.32 Å². The molecule has 0 aliphatic heterocycles. The van der Waals surface area contributed by atoms with Crippen molar-refractivity contribution in [2.45, 2.75) is 76.2 Å². The molecule has 0 aromatic carbocycles. The van der Waals surface area contributed by atoms with E-state index < -0.39 is 0 Å². The molecule has 0 atom stereocenters. The lowest BCUT2D eigenvalue weighted by molar-refractivity contribution is 0.516. The summed E-state index contributed by atoms with van der Waals surface area (Å²) in [7, 11) is 0. The summed E-state index contributed by atoms with van der Waals surface area (Å²) < 4.78 is 0. The Morgan fingerprint density at radius 2 is 2.00 bits per heavy atom. The monoisotopic (exact) mass is 307 g/mol. The summed E-state index contributed by atoms with van der Waals surface area (Å²) in [5.74, 6) is 3.39. The number of anilines is 1. The molecular weight excluding hydrogens is 278 g/mol. The van der Waals surface area contributed by atoms with Crippen molar-refractivity contribution in [1.29, 1.82) is 0 Å². The van der Waals surface area contributed by atoms with Gasteiger partial charge in [0.1, 0.15) is 11.6 Å². The van der Waals surface area contributed by atoms with Crippen LogP contribution in [-0.4, -0.2) is 21.8 Å². The second-order valence-corrected chi connectivity index (χ2v) is 7.54. The van der Waals surface area contributed by atoms with Gasteiger partial charge in [-0.05, 0) is 25.2 Å². The fourth-order valence-corrected chi connectivity index (χ4v) is 3.83. The van der Waals surface area contributed by atoms with Crippen molar-refractivity contribution in [2.24, 2.45) is 0 Å². The molecule has 118 valence electrons. The molecule has 1 saturated carbocycles. The van der Waals surface area contributed by atoms with Gasteiger partial charge in [0.15, 0.2) is 0 Å². The summed E-state index contributed by atoms with van der Waals surface area (Å²) in [4.78, 5) is 9.45. The standard InChI is InChI=1S/C17H29N3S/c1-4-10-18-16-11-15(13(2)3)19-17(20-16)12-21-14-8-6-5-7-9-14/h11,13-14H,4-10,12H2,1-3H3,(H,18,19,20). The lowest BCUT2D eigenvalue weighted by atomic mass is 10.0. The minimum atomic E-state index is 0.452. The van der Waals surface area contributed by atoms with E-state index in [1.165, 1.54) is 32.1 Å². The number of nitrogens with zero attached hydrogens (tertiary/aromatic N) is 2. The van der Waals surface area contributed by atoms with Gasteiger partial charge in [-0.2, -0.15) is 11.8 Å². The van der Waals surface area contributed by atoms with Crippen LogP contribution in [-0.2, 0) is 5.75 Å². The van der Waals surface area contributed by atoms with Crippen LogP contribution in [0.4, 0.5) is 5.82 Å². The Morgan fingerprint density at radius 1 is 1.24 bits per heavy atom. The zero-order valence-electron chi connectivity index (χ0n) is 13.7. The first kappa shape index (κ1) is 16.6. The van der Waals surface area contributed by atoms with Crippen LogP contribution >= 0.6 is 11.8 Å². The summed E-state index contributed by atoms with van der Waals surface area (Å²) in [6.45, 7) is 7.55. The Balaban J connectivity index is 2.00. The maximum absolute atomic E-state index is 4.75. The Kier molecular flexibility index (Phi) is 6.81.